The van der Waals surface area contributed by atoms with E-state index < -0.39 is 18.4 Å². The number of unbranched alkanes of at least 4 members (excludes halogenated alkanes) is 3. The van der Waals surface area contributed by atoms with Crippen LogP contribution in [0.2, 0.25) is 13.3 Å². The van der Waals surface area contributed by atoms with E-state index in [9.17, 15) is 4.79 Å². The topological polar surface area (TPSA) is 29.5 Å². The SMILES string of the molecule is CCC[CH2][Sn]([CH2]CCC)([CH2]CCC)[C]12CC1CCN2C(=O)OC(C)(C)C. The maximum absolute atomic E-state index is 13.1. The molecular formula is C22H43NO2Sn. The molecule has 1 amide bonds. The summed E-state index contributed by atoms with van der Waals surface area (Å²) < 4.78 is 10.6. The van der Waals surface area contributed by atoms with Gasteiger partial charge in [0, 0.05) is 0 Å². The van der Waals surface area contributed by atoms with Gasteiger partial charge in [-0.05, 0) is 0 Å². The first-order valence-corrected chi connectivity index (χ1v) is 18.7. The second-order valence-corrected chi connectivity index (χ2v) is 23.9. The van der Waals surface area contributed by atoms with E-state index in [-0.39, 0.29) is 11.7 Å². The van der Waals surface area contributed by atoms with Crippen LogP contribution in [0.5, 0.6) is 0 Å². The number of rotatable bonds is 10. The molecule has 0 N–H and O–H groups in total. The van der Waals surface area contributed by atoms with Crippen molar-refractivity contribution in [3.8, 4) is 0 Å². The molecule has 0 spiro atoms. The molecule has 26 heavy (non-hydrogen) atoms. The van der Waals surface area contributed by atoms with Crippen LogP contribution in [-0.2, 0) is 4.74 Å². The van der Waals surface area contributed by atoms with Gasteiger partial charge in [0.1, 0.15) is 0 Å². The van der Waals surface area contributed by atoms with Crippen LogP contribution >= 0.6 is 0 Å². The Morgan fingerprint density at radius 1 is 1.04 bits per heavy atom. The predicted molar refractivity (Wildman–Crippen MR) is 113 cm³/mol. The normalized spacial score (nSPS) is 25.3. The summed E-state index contributed by atoms with van der Waals surface area (Å²) >= 11 is -2.50. The summed E-state index contributed by atoms with van der Waals surface area (Å²) in [6.07, 6.45) is 10.5. The van der Waals surface area contributed by atoms with Crippen LogP contribution in [0.15, 0.2) is 0 Å². The first-order valence-electron chi connectivity index (χ1n) is 11.3. The number of nitrogens with zero attached hydrogens (tertiary/aromatic N) is 1. The first-order chi connectivity index (χ1) is 12.3. The van der Waals surface area contributed by atoms with Crippen molar-refractivity contribution in [3.63, 3.8) is 0 Å². The van der Waals surface area contributed by atoms with Crippen molar-refractivity contribution in [2.45, 2.75) is 115 Å². The molecule has 4 heteroatoms. The Morgan fingerprint density at radius 3 is 1.92 bits per heavy atom. The van der Waals surface area contributed by atoms with Gasteiger partial charge in [-0.1, -0.05) is 0 Å². The molecule has 1 aliphatic carbocycles. The average Bonchev–Trinajstić information content (AvgIpc) is 3.18. The van der Waals surface area contributed by atoms with Gasteiger partial charge < -0.3 is 0 Å². The van der Waals surface area contributed by atoms with Gasteiger partial charge >= 0.3 is 167 Å². The molecule has 2 fully saturated rings. The van der Waals surface area contributed by atoms with Gasteiger partial charge in [0.15, 0.2) is 0 Å². The third-order valence-corrected chi connectivity index (χ3v) is 25.8. The molecule has 1 saturated heterocycles. The summed E-state index contributed by atoms with van der Waals surface area (Å²) in [6.45, 7) is 13.9. The summed E-state index contributed by atoms with van der Waals surface area (Å²) in [5.74, 6) is 0.802. The zero-order chi connectivity index (χ0) is 19.4. The second kappa shape index (κ2) is 9.05. The molecule has 0 radical (unpaired) electrons. The van der Waals surface area contributed by atoms with Gasteiger partial charge in [-0.3, -0.25) is 0 Å². The van der Waals surface area contributed by atoms with Crippen molar-refractivity contribution in [3.05, 3.63) is 0 Å². The molecule has 2 unspecified atom stereocenters. The van der Waals surface area contributed by atoms with Crippen LogP contribution in [0, 0.1) is 5.92 Å². The maximum atomic E-state index is 13.1. The molecule has 2 atom stereocenters. The third-order valence-electron chi connectivity index (χ3n) is 6.81. The van der Waals surface area contributed by atoms with E-state index in [1.54, 1.807) is 0 Å². The number of carbonyl (C=O) groups is 1. The molecule has 1 aliphatic heterocycles. The van der Waals surface area contributed by atoms with E-state index in [0.717, 1.165) is 12.5 Å². The molecule has 3 nitrogen and oxygen atoms in total. The fourth-order valence-corrected chi connectivity index (χ4v) is 27.3. The quantitative estimate of drug-likeness (QED) is 0.329. The van der Waals surface area contributed by atoms with Crippen molar-refractivity contribution in [1.82, 2.24) is 4.90 Å². The Morgan fingerprint density at radius 2 is 1.54 bits per heavy atom. The van der Waals surface area contributed by atoms with Gasteiger partial charge in [0.2, 0.25) is 0 Å². The minimum atomic E-state index is -2.50. The fourth-order valence-electron chi connectivity index (χ4n) is 5.55. The zero-order valence-corrected chi connectivity index (χ0v) is 21.2. The van der Waals surface area contributed by atoms with E-state index in [0.29, 0.717) is 3.55 Å². The standard InChI is InChI=1S/C10H16NO2.3C4H9.Sn/c1-10(2,3)13-9(12)11-5-4-7-6-8(7)11;3*1-3-4-2;/h7H,4-6H2,1-3H3;3*1,3-4H2,2H3;. The third kappa shape index (κ3) is 4.55. The Hall–Kier alpha value is 0.0687. The van der Waals surface area contributed by atoms with Crippen molar-refractivity contribution in [2.75, 3.05) is 6.54 Å². The molecule has 1 saturated carbocycles. The Labute approximate surface area is 166 Å². The number of amides is 1. The van der Waals surface area contributed by atoms with Crippen molar-refractivity contribution in [1.29, 1.82) is 0 Å². The summed E-state index contributed by atoms with van der Waals surface area (Å²) in [7, 11) is 0. The number of hydrogen-bond donors (Lipinski definition) is 0. The Bertz CT molecular complexity index is 451. The summed E-state index contributed by atoms with van der Waals surface area (Å²) in [5, 5.41) is 0. The van der Waals surface area contributed by atoms with Gasteiger partial charge in [0.05, 0.1) is 0 Å². The molecule has 0 aromatic heterocycles. The molecule has 1 heterocycles. The zero-order valence-electron chi connectivity index (χ0n) is 18.3. The van der Waals surface area contributed by atoms with E-state index in [1.807, 2.05) is 20.8 Å². The molecule has 2 aliphatic rings. The number of likely N-dealkylation sites (tertiary alicyclic amines) is 1. The average molecular weight is 472 g/mol. The number of ether oxygens (including phenoxy) is 1. The van der Waals surface area contributed by atoms with Gasteiger partial charge in [-0.2, -0.15) is 0 Å². The van der Waals surface area contributed by atoms with Crippen molar-refractivity contribution in [2.24, 2.45) is 5.92 Å². The van der Waals surface area contributed by atoms with Gasteiger partial charge in [0.25, 0.3) is 0 Å². The van der Waals surface area contributed by atoms with E-state index in [2.05, 4.69) is 25.7 Å². The van der Waals surface area contributed by atoms with E-state index in [1.165, 1.54) is 64.7 Å². The van der Waals surface area contributed by atoms with Crippen LogP contribution in [0.3, 0.4) is 0 Å². The fraction of sp³-hybridized carbons (Fsp3) is 0.955. The number of piperidine rings is 1. The van der Waals surface area contributed by atoms with Crippen LogP contribution < -0.4 is 0 Å². The second-order valence-electron chi connectivity index (χ2n) is 9.84. The monoisotopic (exact) mass is 473 g/mol. The van der Waals surface area contributed by atoms with Gasteiger partial charge in [-0.25, -0.2) is 0 Å². The first kappa shape index (κ1) is 22.4. The van der Waals surface area contributed by atoms with E-state index in [4.69, 9.17) is 4.74 Å². The van der Waals surface area contributed by atoms with Crippen LogP contribution in [-0.4, -0.2) is 45.1 Å². The van der Waals surface area contributed by atoms with Crippen molar-refractivity contribution < 1.29 is 9.53 Å². The van der Waals surface area contributed by atoms with Crippen molar-refractivity contribution >= 4 is 24.5 Å². The molecule has 0 aromatic carbocycles. The molecule has 152 valence electrons. The molecule has 2 rings (SSSR count). The Balaban J connectivity index is 2.32. The van der Waals surface area contributed by atoms with Gasteiger partial charge in [-0.15, -0.1) is 0 Å². The van der Waals surface area contributed by atoms with Crippen LogP contribution in [0.25, 0.3) is 0 Å². The number of carbonyl (C=O) groups excluding carboxylic acids is 1. The summed E-state index contributed by atoms with van der Waals surface area (Å²) in [5.41, 5.74) is -0.389. The van der Waals surface area contributed by atoms with Crippen LogP contribution in [0.4, 0.5) is 4.79 Å². The summed E-state index contributed by atoms with van der Waals surface area (Å²) in [4.78, 5) is 15.4. The van der Waals surface area contributed by atoms with Crippen LogP contribution in [0.1, 0.15) is 92.9 Å². The molecule has 0 aromatic rings. The Kier molecular flexibility index (Phi) is 7.78. The summed E-state index contributed by atoms with van der Waals surface area (Å²) in [6, 6.07) is 0. The number of hydrogen-bond acceptors (Lipinski definition) is 2. The molecule has 0 bridgehead atoms. The predicted octanol–water partition coefficient (Wildman–Crippen LogP) is 6.77. The number of fused-ring (bicyclic) bond motifs is 1. The minimum absolute atomic E-state index is 0.0110. The molecular weight excluding hydrogens is 429 g/mol. The van der Waals surface area contributed by atoms with E-state index >= 15 is 0 Å².